The topological polar surface area (TPSA) is 73.9 Å². The van der Waals surface area contributed by atoms with Gasteiger partial charge in [0.25, 0.3) is 0 Å². The van der Waals surface area contributed by atoms with Crippen LogP contribution in [0, 0.1) is 0 Å². The van der Waals surface area contributed by atoms with Gasteiger partial charge in [0.2, 0.25) is 0 Å². The van der Waals surface area contributed by atoms with Crippen LogP contribution >= 0.6 is 34.3 Å². The van der Waals surface area contributed by atoms with Crippen LogP contribution in [-0.4, -0.2) is 61.1 Å². The first-order valence-corrected chi connectivity index (χ1v) is 16.7. The van der Waals surface area contributed by atoms with Gasteiger partial charge in [-0.05, 0) is 101 Å². The van der Waals surface area contributed by atoms with Gasteiger partial charge < -0.3 is 15.0 Å². The number of thiophene rings is 2. The molecular weight excluding hydrogens is 588 g/mol. The van der Waals surface area contributed by atoms with Crippen molar-refractivity contribution in [3.63, 3.8) is 0 Å². The summed E-state index contributed by atoms with van der Waals surface area (Å²) in [7, 11) is 4.21. The number of nitrogens with zero attached hydrogens (tertiary/aromatic N) is 2. The smallest absolute Gasteiger partial charge is 0.341 e. The second-order valence-electron chi connectivity index (χ2n) is 12.4. The fraction of sp³-hybridized carbons (Fsp3) is 0.500. The number of fused-ring (bicyclic) bond motifs is 2. The summed E-state index contributed by atoms with van der Waals surface area (Å²) in [6.45, 7) is 9.94. The van der Waals surface area contributed by atoms with E-state index in [9.17, 15) is 9.59 Å². The molecule has 3 aromatic rings. The summed E-state index contributed by atoms with van der Waals surface area (Å²) in [6, 6.07) is 7.62. The number of urea groups is 1. The van der Waals surface area contributed by atoms with Crippen LogP contribution in [0.15, 0.2) is 24.3 Å². The minimum absolute atomic E-state index is 0.321. The Balaban J connectivity index is 1.37. The molecule has 10 heteroatoms. The molecule has 2 aliphatic rings. The molecule has 42 heavy (non-hydrogen) atoms. The summed E-state index contributed by atoms with van der Waals surface area (Å²) >= 11 is 9.69. The SMILES string of the molecule is CN(C)CCN1CCc2c(sc(-c3cccc(Cl)c3)c2CNC(=O)Nc2sc3c(c2C(=O)OC(C)(C)C)CCCC3)C1. The third kappa shape index (κ3) is 7.37. The van der Waals surface area contributed by atoms with Crippen molar-refractivity contribution >= 4 is 51.3 Å². The third-order valence-corrected chi connectivity index (χ3v) is 10.4. The summed E-state index contributed by atoms with van der Waals surface area (Å²) in [4.78, 5) is 35.0. The lowest BCUT2D eigenvalue weighted by atomic mass is 9.95. The first-order valence-electron chi connectivity index (χ1n) is 14.7. The standard InChI is InChI=1S/C32H41ClN4O3S2/c1-32(2,3)40-30(38)27-23-11-6-7-12-25(23)42-29(27)35-31(39)34-18-24-22-13-14-37(16-15-36(4)5)19-26(22)41-28(24)20-9-8-10-21(33)17-20/h8-10,17H,6-7,11-16,18-19H2,1-5H3,(H2,34,35,39). The Kier molecular flexibility index (Phi) is 9.64. The zero-order chi connectivity index (χ0) is 30.0. The van der Waals surface area contributed by atoms with Crippen LogP contribution < -0.4 is 10.6 Å². The van der Waals surface area contributed by atoms with Crippen LogP contribution in [0.5, 0.6) is 0 Å². The second kappa shape index (κ2) is 13.1. The average Bonchev–Trinajstić information content (AvgIpc) is 3.47. The van der Waals surface area contributed by atoms with Crippen molar-refractivity contribution in [2.24, 2.45) is 0 Å². The van der Waals surface area contributed by atoms with E-state index in [1.165, 1.54) is 26.7 Å². The molecule has 2 aromatic heterocycles. The molecule has 0 spiro atoms. The Morgan fingerprint density at radius 2 is 1.86 bits per heavy atom. The molecule has 0 radical (unpaired) electrons. The lowest BCUT2D eigenvalue weighted by molar-refractivity contribution is 0.00699. The number of anilines is 1. The number of benzene rings is 1. The first-order chi connectivity index (χ1) is 20.0. The van der Waals surface area contributed by atoms with Crippen LogP contribution in [0.4, 0.5) is 9.80 Å². The number of likely N-dealkylation sites (N-methyl/N-ethyl adjacent to an activating group) is 1. The highest BCUT2D eigenvalue weighted by atomic mass is 35.5. The van der Waals surface area contributed by atoms with Gasteiger partial charge in [-0.25, -0.2) is 9.59 Å². The Morgan fingerprint density at radius 3 is 2.60 bits per heavy atom. The zero-order valence-corrected chi connectivity index (χ0v) is 27.6. The van der Waals surface area contributed by atoms with Gasteiger partial charge in [-0.3, -0.25) is 10.2 Å². The Labute approximate surface area is 262 Å². The summed E-state index contributed by atoms with van der Waals surface area (Å²) in [5.41, 5.74) is 4.48. The molecule has 1 aromatic carbocycles. The summed E-state index contributed by atoms with van der Waals surface area (Å²) in [5.74, 6) is -0.369. The number of carbonyl (C=O) groups excluding carboxylic acids is 2. The van der Waals surface area contributed by atoms with E-state index in [-0.39, 0.29) is 12.0 Å². The average molecular weight is 629 g/mol. The van der Waals surface area contributed by atoms with Gasteiger partial charge in [-0.15, -0.1) is 22.7 Å². The van der Waals surface area contributed by atoms with Crippen molar-refractivity contribution in [1.29, 1.82) is 0 Å². The molecule has 0 fully saturated rings. The highest BCUT2D eigenvalue weighted by Gasteiger charge is 2.30. The first kappa shape index (κ1) is 31.0. The number of ether oxygens (including phenoxy) is 1. The Hall–Kier alpha value is -2.43. The third-order valence-electron chi connectivity index (χ3n) is 7.62. The van der Waals surface area contributed by atoms with Crippen molar-refractivity contribution in [2.45, 2.75) is 71.6 Å². The fourth-order valence-electron chi connectivity index (χ4n) is 5.62. The predicted molar refractivity (Wildman–Crippen MR) is 174 cm³/mol. The number of hydrogen-bond acceptors (Lipinski definition) is 7. The number of aryl methyl sites for hydroxylation is 1. The second-order valence-corrected chi connectivity index (χ2v) is 15.0. The van der Waals surface area contributed by atoms with Crippen LogP contribution in [0.2, 0.25) is 5.02 Å². The van der Waals surface area contributed by atoms with E-state index in [2.05, 4.69) is 40.6 Å². The number of amides is 2. The van der Waals surface area contributed by atoms with Gasteiger partial charge in [-0.1, -0.05) is 23.7 Å². The molecule has 5 rings (SSSR count). The molecule has 3 heterocycles. The lowest BCUT2D eigenvalue weighted by Gasteiger charge is -2.28. The van der Waals surface area contributed by atoms with E-state index in [1.807, 2.05) is 39.0 Å². The van der Waals surface area contributed by atoms with Crippen molar-refractivity contribution < 1.29 is 14.3 Å². The molecule has 1 aliphatic carbocycles. The van der Waals surface area contributed by atoms with Gasteiger partial charge in [0.1, 0.15) is 10.6 Å². The molecule has 7 nitrogen and oxygen atoms in total. The van der Waals surface area contributed by atoms with E-state index in [0.29, 0.717) is 22.1 Å². The summed E-state index contributed by atoms with van der Waals surface area (Å²) in [5, 5.41) is 7.40. The van der Waals surface area contributed by atoms with Gasteiger partial charge >= 0.3 is 12.0 Å². The molecule has 0 saturated heterocycles. The lowest BCUT2D eigenvalue weighted by Crippen LogP contribution is -2.35. The highest BCUT2D eigenvalue weighted by Crippen LogP contribution is 2.41. The fourth-order valence-corrected chi connectivity index (χ4v) is 8.49. The zero-order valence-electron chi connectivity index (χ0n) is 25.2. The summed E-state index contributed by atoms with van der Waals surface area (Å²) in [6.07, 6.45) is 4.83. The number of rotatable bonds is 8. The van der Waals surface area contributed by atoms with Gasteiger partial charge in [0.05, 0.1) is 5.56 Å². The maximum Gasteiger partial charge on any atom is 0.341 e. The molecule has 0 saturated carbocycles. The van der Waals surface area contributed by atoms with Crippen LogP contribution in [-0.2, 0) is 37.1 Å². The van der Waals surface area contributed by atoms with E-state index in [4.69, 9.17) is 16.3 Å². The molecule has 0 atom stereocenters. The van der Waals surface area contributed by atoms with Gasteiger partial charge in [0, 0.05) is 52.4 Å². The molecular formula is C32H41ClN4O3S2. The van der Waals surface area contributed by atoms with Gasteiger partial charge in [-0.2, -0.15) is 0 Å². The summed E-state index contributed by atoms with van der Waals surface area (Å²) < 4.78 is 5.74. The maximum absolute atomic E-state index is 13.4. The molecule has 1 aliphatic heterocycles. The number of esters is 1. The quantitative estimate of drug-likeness (QED) is 0.258. The van der Waals surface area contributed by atoms with E-state index in [1.54, 1.807) is 11.3 Å². The van der Waals surface area contributed by atoms with E-state index in [0.717, 1.165) is 79.9 Å². The monoisotopic (exact) mass is 628 g/mol. The predicted octanol–water partition coefficient (Wildman–Crippen LogP) is 7.21. The van der Waals surface area contributed by atoms with Crippen molar-refractivity contribution in [1.82, 2.24) is 15.1 Å². The Morgan fingerprint density at radius 1 is 1.07 bits per heavy atom. The number of nitrogens with one attached hydrogen (secondary N) is 2. The maximum atomic E-state index is 13.4. The molecule has 2 N–H and O–H groups in total. The molecule has 2 amide bonds. The Bertz CT molecular complexity index is 1460. The van der Waals surface area contributed by atoms with E-state index < -0.39 is 5.60 Å². The van der Waals surface area contributed by atoms with Gasteiger partial charge in [0.15, 0.2) is 0 Å². The molecule has 226 valence electrons. The molecule has 0 bridgehead atoms. The van der Waals surface area contributed by atoms with Crippen molar-refractivity contribution in [3.8, 4) is 10.4 Å². The van der Waals surface area contributed by atoms with Crippen molar-refractivity contribution in [3.05, 3.63) is 61.3 Å². The van der Waals surface area contributed by atoms with Crippen LogP contribution in [0.3, 0.4) is 0 Å². The van der Waals surface area contributed by atoms with Crippen LogP contribution in [0.25, 0.3) is 10.4 Å². The van der Waals surface area contributed by atoms with E-state index >= 15 is 0 Å². The number of hydrogen-bond donors (Lipinski definition) is 2. The molecule has 0 unspecified atom stereocenters. The minimum atomic E-state index is -0.614. The largest absolute Gasteiger partial charge is 0.456 e. The van der Waals surface area contributed by atoms with Crippen molar-refractivity contribution in [2.75, 3.05) is 39.0 Å². The highest BCUT2D eigenvalue weighted by molar-refractivity contribution is 7.17. The minimum Gasteiger partial charge on any atom is -0.456 e. The number of carbonyl (C=O) groups is 2. The van der Waals surface area contributed by atoms with Crippen LogP contribution in [0.1, 0.15) is 70.4 Å². The normalized spacial score (nSPS) is 15.3. The number of halogens is 1.